The molecule has 0 bridgehead atoms. The van der Waals surface area contributed by atoms with Crippen molar-refractivity contribution in [1.29, 1.82) is 0 Å². The number of carboxylic acids is 1. The van der Waals surface area contributed by atoms with Crippen LogP contribution in [-0.2, 0) is 19.5 Å². The molecule has 4 heteroatoms. The molecule has 1 aliphatic carbocycles. The van der Waals surface area contributed by atoms with E-state index in [1.165, 1.54) is 6.42 Å². The third-order valence-corrected chi connectivity index (χ3v) is 5.24. The Labute approximate surface area is 161 Å². The van der Waals surface area contributed by atoms with Gasteiger partial charge in [-0.1, -0.05) is 62.6 Å². The maximum Gasteiger partial charge on any atom is 0.339 e. The number of hydrogen-bond acceptors (Lipinski definition) is 2. The average Bonchev–Trinajstić information content (AvgIpc) is 2.62. The molecule has 1 fully saturated rings. The van der Waals surface area contributed by atoms with Crippen molar-refractivity contribution in [3.63, 3.8) is 0 Å². The molecule has 25 heavy (non-hydrogen) atoms. The second kappa shape index (κ2) is 8.62. The van der Waals surface area contributed by atoms with E-state index in [1.54, 1.807) is 6.07 Å². The number of rotatable bonds is 4. The molecule has 2 aromatic rings. The summed E-state index contributed by atoms with van der Waals surface area (Å²) in [6.07, 6.45) is 5.56. The first kappa shape index (κ1) is 19.7. The first-order valence-corrected chi connectivity index (χ1v) is 8.73. The fourth-order valence-corrected chi connectivity index (χ4v) is 3.75. The molecule has 3 nitrogen and oxygen atoms in total. The first-order chi connectivity index (χ1) is 11.6. The SMILES string of the molecule is CC(c1ccccc1)c1cc(C(=O)O)c(O)c(C2CCCCC2)c1.[Zn]. The van der Waals surface area contributed by atoms with Crippen LogP contribution in [0.25, 0.3) is 0 Å². The summed E-state index contributed by atoms with van der Waals surface area (Å²) in [5.74, 6) is -0.753. The Kier molecular flexibility index (Phi) is 6.78. The molecule has 0 heterocycles. The molecule has 3 rings (SSSR count). The topological polar surface area (TPSA) is 57.5 Å². The molecule has 1 atom stereocenters. The van der Waals surface area contributed by atoms with Gasteiger partial charge in [-0.25, -0.2) is 4.79 Å². The van der Waals surface area contributed by atoms with Crippen molar-refractivity contribution in [3.8, 4) is 5.75 Å². The quantitative estimate of drug-likeness (QED) is 0.699. The second-order valence-electron chi connectivity index (χ2n) is 6.78. The smallest absolute Gasteiger partial charge is 0.339 e. The number of phenols is 1. The number of carbonyl (C=O) groups is 1. The number of hydrogen-bond donors (Lipinski definition) is 2. The zero-order chi connectivity index (χ0) is 17.1. The van der Waals surface area contributed by atoms with Gasteiger partial charge in [0.1, 0.15) is 11.3 Å². The summed E-state index contributed by atoms with van der Waals surface area (Å²) in [5.41, 5.74) is 2.94. The molecule has 1 aliphatic rings. The molecular formula is C21H24O3Zn. The van der Waals surface area contributed by atoms with Gasteiger partial charge in [0, 0.05) is 25.4 Å². The fraction of sp³-hybridized carbons (Fsp3) is 0.381. The molecule has 2 N–H and O–H groups in total. The van der Waals surface area contributed by atoms with Gasteiger partial charge in [0.05, 0.1) is 0 Å². The van der Waals surface area contributed by atoms with E-state index in [9.17, 15) is 15.0 Å². The summed E-state index contributed by atoms with van der Waals surface area (Å²) in [6.45, 7) is 2.08. The Bertz CT molecular complexity index is 721. The zero-order valence-electron chi connectivity index (χ0n) is 14.7. The van der Waals surface area contributed by atoms with Crippen molar-refractivity contribution in [3.05, 3.63) is 64.7 Å². The molecule has 2 aromatic carbocycles. The number of benzene rings is 2. The van der Waals surface area contributed by atoms with Gasteiger partial charge in [-0.15, -0.1) is 0 Å². The van der Waals surface area contributed by atoms with Crippen LogP contribution in [0.1, 0.15) is 77.9 Å². The molecule has 0 saturated heterocycles. The second-order valence-corrected chi connectivity index (χ2v) is 6.78. The van der Waals surface area contributed by atoms with E-state index >= 15 is 0 Å². The summed E-state index contributed by atoms with van der Waals surface area (Å²) in [7, 11) is 0. The van der Waals surface area contributed by atoms with Gasteiger partial charge in [-0.05, 0) is 41.5 Å². The standard InChI is InChI=1S/C21H24O3.Zn/c1-14(15-8-4-2-5-9-15)17-12-18(16-10-6-3-7-11-16)20(22)19(13-17)21(23)24;/h2,4-5,8-9,12-14,16,22H,3,6-7,10-11H2,1H3,(H,23,24);. The largest absolute Gasteiger partial charge is 0.507 e. The zero-order valence-corrected chi connectivity index (χ0v) is 17.7. The minimum absolute atomic E-state index is 0. The van der Waals surface area contributed by atoms with E-state index in [0.717, 1.165) is 42.4 Å². The third-order valence-electron chi connectivity index (χ3n) is 5.24. The molecule has 0 spiro atoms. The van der Waals surface area contributed by atoms with Crippen LogP contribution in [0.5, 0.6) is 5.75 Å². The Morgan fingerprint density at radius 3 is 2.28 bits per heavy atom. The van der Waals surface area contributed by atoms with Crippen molar-refractivity contribution in [2.75, 3.05) is 0 Å². The molecule has 1 saturated carbocycles. The van der Waals surface area contributed by atoms with E-state index < -0.39 is 5.97 Å². The fourth-order valence-electron chi connectivity index (χ4n) is 3.75. The van der Waals surface area contributed by atoms with Crippen molar-refractivity contribution in [2.24, 2.45) is 0 Å². The van der Waals surface area contributed by atoms with Gasteiger partial charge in [0.2, 0.25) is 0 Å². The average molecular weight is 390 g/mol. The summed E-state index contributed by atoms with van der Waals surface area (Å²) in [6, 6.07) is 13.7. The van der Waals surface area contributed by atoms with Crippen molar-refractivity contribution < 1.29 is 34.5 Å². The minimum atomic E-state index is -1.06. The van der Waals surface area contributed by atoms with E-state index in [1.807, 2.05) is 24.3 Å². The van der Waals surface area contributed by atoms with E-state index in [0.29, 0.717) is 0 Å². The van der Waals surface area contributed by atoms with Crippen LogP contribution in [0, 0.1) is 0 Å². The minimum Gasteiger partial charge on any atom is -0.507 e. The van der Waals surface area contributed by atoms with Crippen LogP contribution in [0.3, 0.4) is 0 Å². The van der Waals surface area contributed by atoms with Gasteiger partial charge in [-0.3, -0.25) is 0 Å². The van der Waals surface area contributed by atoms with E-state index in [4.69, 9.17) is 0 Å². The predicted octanol–water partition coefficient (Wildman–Crippen LogP) is 5.29. The Morgan fingerprint density at radius 1 is 1.04 bits per heavy atom. The molecule has 0 aliphatic heterocycles. The van der Waals surface area contributed by atoms with Gasteiger partial charge >= 0.3 is 5.97 Å². The van der Waals surface area contributed by atoms with Crippen LogP contribution >= 0.6 is 0 Å². The number of carboxylic acid groups (broad SMARTS) is 1. The van der Waals surface area contributed by atoms with Crippen molar-refractivity contribution in [1.82, 2.24) is 0 Å². The van der Waals surface area contributed by atoms with Gasteiger partial charge in [0.15, 0.2) is 0 Å². The Balaban J connectivity index is 0.00000225. The molecular weight excluding hydrogens is 366 g/mol. The summed E-state index contributed by atoms with van der Waals surface area (Å²) >= 11 is 0. The Morgan fingerprint density at radius 2 is 1.68 bits per heavy atom. The number of aromatic hydroxyl groups is 1. The summed E-state index contributed by atoms with van der Waals surface area (Å²) < 4.78 is 0. The Hall–Kier alpha value is -1.67. The van der Waals surface area contributed by atoms with Gasteiger partial charge < -0.3 is 10.2 Å². The molecule has 0 radical (unpaired) electrons. The predicted molar refractivity (Wildman–Crippen MR) is 94.9 cm³/mol. The molecule has 0 amide bonds. The third kappa shape index (κ3) is 4.30. The number of aromatic carboxylic acids is 1. The monoisotopic (exact) mass is 388 g/mol. The first-order valence-electron chi connectivity index (χ1n) is 8.73. The molecule has 128 valence electrons. The normalized spacial score (nSPS) is 16.0. The van der Waals surface area contributed by atoms with Crippen LogP contribution in [0.2, 0.25) is 0 Å². The van der Waals surface area contributed by atoms with Crippen LogP contribution in [0.15, 0.2) is 42.5 Å². The molecule has 0 aromatic heterocycles. The maximum absolute atomic E-state index is 11.6. The van der Waals surface area contributed by atoms with Gasteiger partial charge in [0.25, 0.3) is 0 Å². The van der Waals surface area contributed by atoms with Crippen LogP contribution < -0.4 is 0 Å². The van der Waals surface area contributed by atoms with E-state index in [2.05, 4.69) is 19.1 Å². The van der Waals surface area contributed by atoms with Crippen LogP contribution in [0.4, 0.5) is 0 Å². The summed E-state index contributed by atoms with van der Waals surface area (Å²) in [4.78, 5) is 11.6. The maximum atomic E-state index is 11.6. The van der Waals surface area contributed by atoms with Crippen molar-refractivity contribution in [2.45, 2.75) is 50.9 Å². The van der Waals surface area contributed by atoms with Crippen molar-refractivity contribution >= 4 is 5.97 Å². The summed E-state index contributed by atoms with van der Waals surface area (Å²) in [5, 5.41) is 20.0. The van der Waals surface area contributed by atoms with E-state index in [-0.39, 0.29) is 42.6 Å². The van der Waals surface area contributed by atoms with Crippen LogP contribution in [-0.4, -0.2) is 16.2 Å². The molecule has 1 unspecified atom stereocenters. The van der Waals surface area contributed by atoms with Gasteiger partial charge in [-0.2, -0.15) is 0 Å².